The monoisotopic (exact) mass is 418 g/mol. The summed E-state index contributed by atoms with van der Waals surface area (Å²) in [7, 11) is 1.89. The number of pyridine rings is 1. The molecule has 152 valence electrons. The standard InChI is InChI=1S/C19H20F2N6OS/c1-25(14-5-3-2-4-6-14)19-16(27(12-28)29-21)10-23-18(24-19)15-9-22-17-8-7-13(20)11-26(15)17/h7-12,14H,2-6H2,1H3. The second kappa shape index (κ2) is 8.32. The van der Waals surface area contributed by atoms with Crippen molar-refractivity contribution in [2.75, 3.05) is 16.3 Å². The van der Waals surface area contributed by atoms with Gasteiger partial charge in [0.2, 0.25) is 6.41 Å². The summed E-state index contributed by atoms with van der Waals surface area (Å²) in [6, 6.07) is 3.14. The van der Waals surface area contributed by atoms with Crippen LogP contribution in [0.5, 0.6) is 0 Å². The fourth-order valence-corrected chi connectivity index (χ4v) is 4.01. The van der Waals surface area contributed by atoms with Gasteiger partial charge in [-0.15, -0.1) is 3.89 Å². The summed E-state index contributed by atoms with van der Waals surface area (Å²) in [5.74, 6) is 0.360. The van der Waals surface area contributed by atoms with Crippen LogP contribution in [0.15, 0.2) is 30.7 Å². The number of nitrogens with zero attached hydrogens (tertiary/aromatic N) is 6. The molecule has 1 aliphatic rings. The molecule has 0 aromatic carbocycles. The first-order valence-corrected chi connectivity index (χ1v) is 10.1. The topological polar surface area (TPSA) is 66.6 Å². The highest BCUT2D eigenvalue weighted by Gasteiger charge is 2.25. The van der Waals surface area contributed by atoms with Crippen LogP contribution >= 0.6 is 12.3 Å². The average molecular weight is 418 g/mol. The highest BCUT2D eigenvalue weighted by molar-refractivity contribution is 7.96. The molecule has 0 aliphatic heterocycles. The van der Waals surface area contributed by atoms with Crippen molar-refractivity contribution in [2.45, 2.75) is 38.1 Å². The molecular weight excluding hydrogens is 398 g/mol. The van der Waals surface area contributed by atoms with Gasteiger partial charge in [-0.2, -0.15) is 0 Å². The zero-order valence-electron chi connectivity index (χ0n) is 15.8. The van der Waals surface area contributed by atoms with Gasteiger partial charge in [0.05, 0.1) is 12.4 Å². The van der Waals surface area contributed by atoms with Gasteiger partial charge in [0.15, 0.2) is 24.0 Å². The Morgan fingerprint density at radius 2 is 2.00 bits per heavy atom. The number of rotatable bonds is 6. The lowest BCUT2D eigenvalue weighted by molar-refractivity contribution is -0.106. The molecule has 1 amide bonds. The molecule has 0 N–H and O–H groups in total. The molecule has 10 heteroatoms. The lowest BCUT2D eigenvalue weighted by atomic mass is 9.94. The number of carbonyl (C=O) groups excluding carboxylic acids is 1. The Labute approximate surface area is 171 Å². The number of fused-ring (bicyclic) bond motifs is 1. The second-order valence-corrected chi connectivity index (χ2v) is 7.56. The number of hydrogen-bond donors (Lipinski definition) is 0. The molecule has 4 rings (SSSR count). The number of hydrogen-bond acceptors (Lipinski definition) is 6. The Morgan fingerprint density at radius 1 is 1.21 bits per heavy atom. The van der Waals surface area contributed by atoms with Crippen molar-refractivity contribution < 1.29 is 13.1 Å². The number of carbonyl (C=O) groups is 1. The fourth-order valence-electron chi connectivity index (χ4n) is 3.78. The number of aromatic nitrogens is 4. The van der Waals surface area contributed by atoms with Gasteiger partial charge in [0.25, 0.3) is 0 Å². The first-order valence-electron chi connectivity index (χ1n) is 9.38. The number of halogens is 2. The van der Waals surface area contributed by atoms with E-state index < -0.39 is 5.82 Å². The summed E-state index contributed by atoms with van der Waals surface area (Å²) in [5.41, 5.74) is 1.34. The summed E-state index contributed by atoms with van der Waals surface area (Å²) in [6.07, 6.45) is 10.1. The van der Waals surface area contributed by atoms with Crippen LogP contribution in [0.4, 0.5) is 19.8 Å². The van der Waals surface area contributed by atoms with E-state index in [1.165, 1.54) is 24.9 Å². The molecule has 7 nitrogen and oxygen atoms in total. The van der Waals surface area contributed by atoms with Crippen molar-refractivity contribution in [3.63, 3.8) is 0 Å². The minimum Gasteiger partial charge on any atom is -0.355 e. The molecule has 0 bridgehead atoms. The molecule has 0 unspecified atom stereocenters. The molecule has 3 heterocycles. The molecule has 0 radical (unpaired) electrons. The van der Waals surface area contributed by atoms with Crippen molar-refractivity contribution in [1.82, 2.24) is 19.4 Å². The van der Waals surface area contributed by atoms with E-state index in [9.17, 15) is 13.1 Å². The van der Waals surface area contributed by atoms with Gasteiger partial charge in [0, 0.05) is 19.3 Å². The maximum absolute atomic E-state index is 13.7. The Balaban J connectivity index is 1.81. The lowest BCUT2D eigenvalue weighted by Gasteiger charge is -2.33. The minimum atomic E-state index is -0.408. The number of imidazole rings is 1. The molecule has 0 atom stereocenters. The van der Waals surface area contributed by atoms with E-state index in [0.29, 0.717) is 29.4 Å². The Bertz CT molecular complexity index is 1020. The largest absolute Gasteiger partial charge is 0.355 e. The molecule has 29 heavy (non-hydrogen) atoms. The summed E-state index contributed by atoms with van der Waals surface area (Å²) in [6.45, 7) is 0. The first-order chi connectivity index (χ1) is 14.1. The second-order valence-electron chi connectivity index (χ2n) is 7.02. The van der Waals surface area contributed by atoms with Crippen molar-refractivity contribution in [2.24, 2.45) is 0 Å². The molecule has 0 saturated heterocycles. The van der Waals surface area contributed by atoms with Crippen LogP contribution in [0, 0.1) is 5.82 Å². The number of anilines is 2. The quantitative estimate of drug-likeness (QED) is 0.442. The van der Waals surface area contributed by atoms with Gasteiger partial charge in [-0.05, 0) is 25.0 Å². The van der Waals surface area contributed by atoms with Crippen LogP contribution < -0.4 is 9.21 Å². The van der Waals surface area contributed by atoms with Crippen LogP contribution in [0.25, 0.3) is 17.2 Å². The van der Waals surface area contributed by atoms with Gasteiger partial charge in [0.1, 0.15) is 22.8 Å². The third kappa shape index (κ3) is 3.76. The van der Waals surface area contributed by atoms with Crippen LogP contribution in [0.3, 0.4) is 0 Å². The van der Waals surface area contributed by atoms with Crippen LogP contribution in [-0.2, 0) is 4.79 Å². The predicted octanol–water partition coefficient (Wildman–Crippen LogP) is 4.19. The van der Waals surface area contributed by atoms with Crippen LogP contribution in [-0.4, -0.2) is 38.9 Å². The normalized spacial score (nSPS) is 14.9. The van der Waals surface area contributed by atoms with Crippen molar-refractivity contribution >= 4 is 35.9 Å². The van der Waals surface area contributed by atoms with E-state index in [4.69, 9.17) is 0 Å². The van der Waals surface area contributed by atoms with Crippen molar-refractivity contribution in [3.05, 3.63) is 36.5 Å². The smallest absolute Gasteiger partial charge is 0.226 e. The number of amides is 1. The van der Waals surface area contributed by atoms with Crippen molar-refractivity contribution in [1.29, 1.82) is 0 Å². The van der Waals surface area contributed by atoms with Crippen LogP contribution in [0.1, 0.15) is 32.1 Å². The van der Waals surface area contributed by atoms with E-state index >= 15 is 0 Å². The molecule has 3 aromatic rings. The summed E-state index contributed by atoms with van der Waals surface area (Å²) in [4.78, 5) is 26.5. The average Bonchev–Trinajstić information content (AvgIpc) is 3.18. The molecule has 1 aliphatic carbocycles. The lowest BCUT2D eigenvalue weighted by Crippen LogP contribution is -2.35. The highest BCUT2D eigenvalue weighted by atomic mass is 32.2. The third-order valence-corrected chi connectivity index (χ3v) is 5.74. The van der Waals surface area contributed by atoms with E-state index in [-0.39, 0.29) is 24.1 Å². The van der Waals surface area contributed by atoms with Crippen LogP contribution in [0.2, 0.25) is 0 Å². The summed E-state index contributed by atoms with van der Waals surface area (Å²) >= 11 is -0.199. The predicted molar refractivity (Wildman–Crippen MR) is 109 cm³/mol. The Hall–Kier alpha value is -2.75. The van der Waals surface area contributed by atoms with Gasteiger partial charge in [-0.1, -0.05) is 19.3 Å². The van der Waals surface area contributed by atoms with E-state index in [2.05, 4.69) is 15.0 Å². The maximum atomic E-state index is 13.7. The maximum Gasteiger partial charge on any atom is 0.226 e. The molecular formula is C19H20F2N6OS. The fraction of sp³-hybridized carbons (Fsp3) is 0.368. The molecule has 3 aromatic heterocycles. The molecule has 1 saturated carbocycles. The van der Waals surface area contributed by atoms with E-state index in [1.54, 1.807) is 16.7 Å². The molecule has 0 spiro atoms. The first kappa shape index (κ1) is 19.6. The Morgan fingerprint density at radius 3 is 2.72 bits per heavy atom. The van der Waals surface area contributed by atoms with Gasteiger partial charge in [-0.25, -0.2) is 23.6 Å². The summed E-state index contributed by atoms with van der Waals surface area (Å²) < 4.78 is 29.5. The minimum absolute atomic E-state index is 0.199. The van der Waals surface area contributed by atoms with Crippen molar-refractivity contribution in [3.8, 4) is 11.5 Å². The zero-order chi connectivity index (χ0) is 20.4. The van der Waals surface area contributed by atoms with Gasteiger partial charge in [-0.3, -0.25) is 9.20 Å². The van der Waals surface area contributed by atoms with Gasteiger partial charge >= 0.3 is 0 Å². The highest BCUT2D eigenvalue weighted by Crippen LogP contribution is 2.35. The summed E-state index contributed by atoms with van der Waals surface area (Å²) in [5, 5.41) is 0. The molecule has 1 fully saturated rings. The van der Waals surface area contributed by atoms with E-state index in [0.717, 1.165) is 30.0 Å². The Kier molecular flexibility index (Phi) is 5.61. The van der Waals surface area contributed by atoms with Gasteiger partial charge < -0.3 is 4.90 Å². The van der Waals surface area contributed by atoms with E-state index in [1.807, 2.05) is 11.9 Å². The third-order valence-electron chi connectivity index (χ3n) is 5.31. The zero-order valence-corrected chi connectivity index (χ0v) is 16.6. The SMILES string of the molecule is CN(c1nc(-c2cnc3ccc(F)cn23)ncc1N(C=O)SF)C1CCCCC1.